The van der Waals surface area contributed by atoms with Gasteiger partial charge in [-0.15, -0.1) is 0 Å². The van der Waals surface area contributed by atoms with E-state index >= 15 is 4.39 Å². The first-order chi connectivity index (χ1) is 20.8. The number of halogens is 1. The third-order valence-electron chi connectivity index (χ3n) is 6.04. The first-order valence-corrected chi connectivity index (χ1v) is 13.7. The van der Waals surface area contributed by atoms with Crippen molar-refractivity contribution in [2.45, 2.75) is 26.3 Å². The third kappa shape index (κ3) is 9.33. The number of benzene rings is 3. The molecule has 11 nitrogen and oxygen atoms in total. The largest absolute Gasteiger partial charge is 0.496 e. The molecule has 43 heavy (non-hydrogen) atoms. The number of rotatable bonds is 15. The molecular formula is C31H36FN3O8. The Morgan fingerprint density at radius 3 is 2.35 bits per heavy atom. The second-order valence-corrected chi connectivity index (χ2v) is 8.91. The van der Waals surface area contributed by atoms with Crippen molar-refractivity contribution in [2.75, 3.05) is 45.5 Å². The number of nitrogens with two attached hydrogens (primary N) is 1. The van der Waals surface area contributed by atoms with E-state index in [4.69, 9.17) is 34.5 Å². The number of aliphatic hydroxyl groups excluding tert-OH is 1. The predicted octanol–water partition coefficient (Wildman–Crippen LogP) is 4.41. The second-order valence-electron chi connectivity index (χ2n) is 8.91. The summed E-state index contributed by atoms with van der Waals surface area (Å²) in [6.45, 7) is 3.50. The lowest BCUT2D eigenvalue weighted by Gasteiger charge is -2.21. The Kier molecular flexibility index (Phi) is 12.6. The summed E-state index contributed by atoms with van der Waals surface area (Å²) in [5.41, 5.74) is 7.73. The van der Waals surface area contributed by atoms with Crippen LogP contribution in [0.15, 0.2) is 65.7 Å². The van der Waals surface area contributed by atoms with Gasteiger partial charge in [-0.25, -0.2) is 14.0 Å². The quantitative estimate of drug-likeness (QED) is 0.131. The van der Waals surface area contributed by atoms with Crippen LogP contribution in [0.2, 0.25) is 0 Å². The molecule has 1 amide bonds. The number of para-hydroxylation sites is 1. The number of aliphatic imine (C=N–C) groups is 1. The maximum Gasteiger partial charge on any atom is 0.435 e. The fourth-order valence-corrected chi connectivity index (χ4v) is 4.05. The van der Waals surface area contributed by atoms with E-state index in [1.165, 1.54) is 6.07 Å². The molecule has 3 rings (SSSR count). The molecule has 4 N–H and O–H groups in total. The highest BCUT2D eigenvalue weighted by Gasteiger charge is 2.27. The highest BCUT2D eigenvalue weighted by molar-refractivity contribution is 6.03. The molecule has 1 atom stereocenters. The summed E-state index contributed by atoms with van der Waals surface area (Å²) in [4.78, 5) is 28.9. The number of aliphatic hydroxyl groups is 1. The van der Waals surface area contributed by atoms with Crippen LogP contribution in [0.5, 0.6) is 17.2 Å². The molecule has 12 heteroatoms. The van der Waals surface area contributed by atoms with Crippen molar-refractivity contribution in [1.82, 2.24) is 0 Å². The summed E-state index contributed by atoms with van der Waals surface area (Å²) >= 11 is 0. The number of esters is 1. The van der Waals surface area contributed by atoms with Gasteiger partial charge in [0.2, 0.25) is 0 Å². The summed E-state index contributed by atoms with van der Waals surface area (Å²) in [6.07, 6.45) is -0.401. The predicted molar refractivity (Wildman–Crippen MR) is 158 cm³/mol. The normalized spacial score (nSPS) is 11.8. The molecule has 0 aromatic heterocycles. The molecule has 0 aliphatic heterocycles. The van der Waals surface area contributed by atoms with E-state index < -0.39 is 23.9 Å². The standard InChI is InChI=1S/C31H36FN3O8/c1-4-40-26-18-23(24(32)19-27(26)42-17-15-36)28(30(37)41-5-2)34-22-12-10-21(11-13-22)29(33)35-31(38)43-16-14-20-8-6-7-9-25(20)39-3/h6-13,18-19,28,34,36H,4-5,14-17H2,1-3H3,(H2,33,35,38). The number of anilines is 1. The van der Waals surface area contributed by atoms with Gasteiger partial charge in [-0.1, -0.05) is 18.2 Å². The molecule has 3 aromatic carbocycles. The van der Waals surface area contributed by atoms with E-state index in [-0.39, 0.29) is 55.9 Å². The van der Waals surface area contributed by atoms with Crippen molar-refractivity contribution in [3.8, 4) is 17.2 Å². The topological polar surface area (TPSA) is 151 Å². The van der Waals surface area contributed by atoms with Crippen LogP contribution >= 0.6 is 0 Å². The summed E-state index contributed by atoms with van der Waals surface area (Å²) < 4.78 is 41.9. The average Bonchev–Trinajstić information content (AvgIpc) is 3.00. The number of methoxy groups -OCH3 is 1. The number of hydrogen-bond donors (Lipinski definition) is 3. The van der Waals surface area contributed by atoms with Gasteiger partial charge in [-0.3, -0.25) is 0 Å². The summed E-state index contributed by atoms with van der Waals surface area (Å²) in [6, 6.07) is 15.0. The minimum absolute atomic E-state index is 0.0285. The van der Waals surface area contributed by atoms with Gasteiger partial charge in [-0.05, 0) is 55.8 Å². The van der Waals surface area contributed by atoms with Crippen molar-refractivity contribution in [1.29, 1.82) is 0 Å². The van der Waals surface area contributed by atoms with Gasteiger partial charge in [-0.2, -0.15) is 4.99 Å². The fourth-order valence-electron chi connectivity index (χ4n) is 4.05. The van der Waals surface area contributed by atoms with E-state index in [9.17, 15) is 9.59 Å². The van der Waals surface area contributed by atoms with Crippen molar-refractivity contribution in [3.63, 3.8) is 0 Å². The van der Waals surface area contributed by atoms with Crippen molar-refractivity contribution < 1.29 is 42.8 Å². The molecule has 0 aliphatic rings. The van der Waals surface area contributed by atoms with Gasteiger partial charge in [0, 0.05) is 29.3 Å². The van der Waals surface area contributed by atoms with Crippen molar-refractivity contribution in [3.05, 3.63) is 83.2 Å². The van der Waals surface area contributed by atoms with Crippen LogP contribution in [0.25, 0.3) is 0 Å². The third-order valence-corrected chi connectivity index (χ3v) is 6.04. The highest BCUT2D eigenvalue weighted by atomic mass is 19.1. The van der Waals surface area contributed by atoms with Crippen LogP contribution in [-0.2, 0) is 20.7 Å². The van der Waals surface area contributed by atoms with Crippen LogP contribution in [0.1, 0.15) is 36.6 Å². The zero-order valence-electron chi connectivity index (χ0n) is 24.3. The SMILES string of the molecule is CCOC(=O)C(Nc1ccc(C(N)=NC(=O)OCCc2ccccc2OC)cc1)c1cc(OCC)c(OCCO)cc1F. The number of nitrogens with one attached hydrogen (secondary N) is 1. The number of hydrogen-bond acceptors (Lipinski definition) is 9. The van der Waals surface area contributed by atoms with E-state index in [2.05, 4.69) is 10.3 Å². The molecule has 1 unspecified atom stereocenters. The molecule has 3 aromatic rings. The van der Waals surface area contributed by atoms with Gasteiger partial charge in [0.05, 0.1) is 33.5 Å². The van der Waals surface area contributed by atoms with Crippen LogP contribution in [0.3, 0.4) is 0 Å². The highest BCUT2D eigenvalue weighted by Crippen LogP contribution is 2.35. The van der Waals surface area contributed by atoms with Gasteiger partial charge in [0.15, 0.2) is 17.5 Å². The molecule has 0 aliphatic carbocycles. The Hall–Kier alpha value is -4.84. The number of carbonyl (C=O) groups excluding carboxylic acids is 2. The smallest absolute Gasteiger partial charge is 0.435 e. The Morgan fingerprint density at radius 2 is 1.67 bits per heavy atom. The number of carbonyl (C=O) groups is 2. The van der Waals surface area contributed by atoms with Gasteiger partial charge in [0.1, 0.15) is 24.0 Å². The molecular weight excluding hydrogens is 561 g/mol. The van der Waals surface area contributed by atoms with Crippen molar-refractivity contribution >= 4 is 23.6 Å². The summed E-state index contributed by atoms with van der Waals surface area (Å²) in [5, 5.41) is 12.0. The Morgan fingerprint density at radius 1 is 0.953 bits per heavy atom. The monoisotopic (exact) mass is 597 g/mol. The van der Waals surface area contributed by atoms with Crippen molar-refractivity contribution in [2.24, 2.45) is 10.7 Å². The minimum Gasteiger partial charge on any atom is -0.496 e. The fraction of sp³-hybridized carbons (Fsp3) is 0.323. The number of amides is 1. The Bertz CT molecular complexity index is 1400. The molecule has 0 spiro atoms. The molecule has 230 valence electrons. The maximum atomic E-state index is 15.2. The lowest BCUT2D eigenvalue weighted by Crippen LogP contribution is -2.25. The lowest BCUT2D eigenvalue weighted by atomic mass is 10.0. The van der Waals surface area contributed by atoms with Crippen LogP contribution < -0.4 is 25.3 Å². The van der Waals surface area contributed by atoms with Crippen LogP contribution in [-0.4, -0.2) is 63.1 Å². The molecule has 0 radical (unpaired) electrons. The number of ether oxygens (including phenoxy) is 5. The van der Waals surface area contributed by atoms with E-state index in [0.29, 0.717) is 23.4 Å². The van der Waals surface area contributed by atoms with E-state index in [1.807, 2.05) is 24.3 Å². The maximum absolute atomic E-state index is 15.2. The zero-order valence-corrected chi connectivity index (χ0v) is 24.3. The number of nitrogens with zero attached hydrogens (tertiary/aromatic N) is 1. The van der Waals surface area contributed by atoms with Gasteiger partial charge >= 0.3 is 12.1 Å². The van der Waals surface area contributed by atoms with Crippen LogP contribution in [0, 0.1) is 5.82 Å². The Labute approximate surface area is 249 Å². The Balaban J connectivity index is 1.73. The molecule has 0 saturated heterocycles. The second kappa shape index (κ2) is 16.6. The summed E-state index contributed by atoms with van der Waals surface area (Å²) in [5.74, 6) is -0.522. The van der Waals surface area contributed by atoms with Gasteiger partial charge < -0.3 is 39.8 Å². The molecule has 0 fully saturated rings. The van der Waals surface area contributed by atoms with E-state index in [1.54, 1.807) is 45.2 Å². The zero-order chi connectivity index (χ0) is 31.2. The minimum atomic E-state index is -1.24. The molecule has 0 saturated carbocycles. The van der Waals surface area contributed by atoms with Crippen LogP contribution in [0.4, 0.5) is 14.9 Å². The summed E-state index contributed by atoms with van der Waals surface area (Å²) in [7, 11) is 1.57. The van der Waals surface area contributed by atoms with E-state index in [0.717, 1.165) is 11.6 Å². The molecule has 0 bridgehead atoms. The first kappa shape index (κ1) is 32.7. The lowest BCUT2D eigenvalue weighted by molar-refractivity contribution is -0.144. The average molecular weight is 598 g/mol. The first-order valence-electron chi connectivity index (χ1n) is 13.7. The molecule has 0 heterocycles. The van der Waals surface area contributed by atoms with Gasteiger partial charge in [0.25, 0.3) is 0 Å². The number of amidine groups is 1.